The average molecular weight is 367 g/mol. The first kappa shape index (κ1) is 17.6. The third kappa shape index (κ3) is 3.42. The van der Waals surface area contributed by atoms with Crippen LogP contribution in [0.4, 0.5) is 10.2 Å². The highest BCUT2D eigenvalue weighted by molar-refractivity contribution is 5.98. The molecular weight excluding hydrogens is 345 g/mol. The van der Waals surface area contributed by atoms with Gasteiger partial charge in [0.25, 0.3) is 0 Å². The van der Waals surface area contributed by atoms with E-state index in [0.29, 0.717) is 28.0 Å². The van der Waals surface area contributed by atoms with Crippen molar-refractivity contribution in [3.63, 3.8) is 0 Å². The molecule has 0 unspecified atom stereocenters. The second-order valence-corrected chi connectivity index (χ2v) is 7.18. The number of aryl methyl sites for hydroxylation is 1. The molecule has 2 N–H and O–H groups in total. The van der Waals surface area contributed by atoms with E-state index in [1.165, 1.54) is 12.1 Å². The fourth-order valence-electron chi connectivity index (χ4n) is 3.70. The molecule has 0 saturated carbocycles. The maximum atomic E-state index is 14.6. The molecule has 0 amide bonds. The third-order valence-electron chi connectivity index (χ3n) is 4.95. The number of piperidine rings is 1. The van der Waals surface area contributed by atoms with Crippen molar-refractivity contribution < 1.29 is 9.50 Å². The number of pyridine rings is 1. The molecule has 0 aliphatic carbocycles. The lowest BCUT2D eigenvalue weighted by Crippen LogP contribution is -2.40. The smallest absolute Gasteiger partial charge is 0.175 e. The Morgan fingerprint density at radius 2 is 2.15 bits per heavy atom. The monoisotopic (exact) mass is 367 g/mol. The van der Waals surface area contributed by atoms with Crippen LogP contribution in [0.3, 0.4) is 0 Å². The Morgan fingerprint density at radius 1 is 1.30 bits per heavy atom. The van der Waals surface area contributed by atoms with E-state index in [-0.39, 0.29) is 17.4 Å². The molecule has 1 aliphatic rings. The van der Waals surface area contributed by atoms with Gasteiger partial charge in [-0.2, -0.15) is 0 Å². The lowest BCUT2D eigenvalue weighted by molar-refractivity contribution is 0.261. The van der Waals surface area contributed by atoms with Gasteiger partial charge < -0.3 is 15.3 Å². The zero-order valence-corrected chi connectivity index (χ0v) is 15.4. The van der Waals surface area contributed by atoms with Crippen molar-refractivity contribution in [1.29, 1.82) is 0 Å². The predicted molar refractivity (Wildman–Crippen MR) is 103 cm³/mol. The minimum Gasteiger partial charge on any atom is -0.507 e. The summed E-state index contributed by atoms with van der Waals surface area (Å²) in [5.41, 5.74) is 1.61. The standard InChI is InChI=1S/C20H22FN5O/c1-12-9-15(21)17(16(27)10-12)18-14-6-3-7-22-19(14)20(25-24-18)23-13-5-4-8-26(2)11-13/h3,6-7,9-10,13,27H,4-5,8,11H2,1-2H3,(H,23,25)/t13-/m1/s1. The van der Waals surface area contributed by atoms with Crippen LogP contribution in [0.5, 0.6) is 5.75 Å². The summed E-state index contributed by atoms with van der Waals surface area (Å²) in [6.45, 7) is 3.74. The van der Waals surface area contributed by atoms with Gasteiger partial charge in [0.15, 0.2) is 5.82 Å². The molecule has 4 rings (SSSR count). The van der Waals surface area contributed by atoms with E-state index in [1.54, 1.807) is 19.2 Å². The van der Waals surface area contributed by atoms with Gasteiger partial charge in [0.2, 0.25) is 0 Å². The number of likely N-dealkylation sites (N-methyl/N-ethyl adjacent to an activating group) is 1. The van der Waals surface area contributed by atoms with Crippen LogP contribution < -0.4 is 5.32 Å². The summed E-state index contributed by atoms with van der Waals surface area (Å²) < 4.78 is 14.6. The number of hydrogen-bond acceptors (Lipinski definition) is 6. The normalized spacial score (nSPS) is 18.0. The van der Waals surface area contributed by atoms with Crippen molar-refractivity contribution >= 4 is 16.7 Å². The van der Waals surface area contributed by atoms with Crippen molar-refractivity contribution in [3.8, 4) is 17.0 Å². The van der Waals surface area contributed by atoms with Crippen LogP contribution in [0.1, 0.15) is 18.4 Å². The lowest BCUT2D eigenvalue weighted by Gasteiger charge is -2.30. The van der Waals surface area contributed by atoms with E-state index in [0.717, 1.165) is 25.9 Å². The number of phenols is 1. The lowest BCUT2D eigenvalue weighted by atomic mass is 10.0. The first-order chi connectivity index (χ1) is 13.0. The van der Waals surface area contributed by atoms with Gasteiger partial charge in [-0.15, -0.1) is 10.2 Å². The highest BCUT2D eigenvalue weighted by Crippen LogP contribution is 2.36. The summed E-state index contributed by atoms with van der Waals surface area (Å²) in [6, 6.07) is 6.76. The number of halogens is 1. The van der Waals surface area contributed by atoms with Crippen LogP contribution in [0.25, 0.3) is 22.2 Å². The Labute approximate surface area is 157 Å². The molecule has 1 aromatic carbocycles. The number of aromatic nitrogens is 3. The maximum Gasteiger partial charge on any atom is 0.175 e. The van der Waals surface area contributed by atoms with Crippen molar-refractivity contribution in [1.82, 2.24) is 20.1 Å². The fraction of sp³-hybridized carbons (Fsp3) is 0.350. The second kappa shape index (κ2) is 7.08. The van der Waals surface area contributed by atoms with Crippen LogP contribution in [0.15, 0.2) is 30.5 Å². The zero-order chi connectivity index (χ0) is 19.0. The van der Waals surface area contributed by atoms with E-state index >= 15 is 0 Å². The van der Waals surface area contributed by atoms with E-state index in [9.17, 15) is 9.50 Å². The highest BCUT2D eigenvalue weighted by atomic mass is 19.1. The minimum absolute atomic E-state index is 0.0510. The molecule has 1 aliphatic heterocycles. The Balaban J connectivity index is 1.79. The number of aromatic hydroxyl groups is 1. The Hall–Kier alpha value is -2.80. The number of benzene rings is 1. The van der Waals surface area contributed by atoms with E-state index < -0.39 is 5.82 Å². The highest BCUT2D eigenvalue weighted by Gasteiger charge is 2.22. The summed E-state index contributed by atoms with van der Waals surface area (Å²) in [7, 11) is 2.10. The molecule has 1 saturated heterocycles. The predicted octanol–water partition coefficient (Wildman–Crippen LogP) is 3.35. The van der Waals surface area contributed by atoms with Crippen LogP contribution in [0, 0.1) is 12.7 Å². The molecule has 3 heterocycles. The molecule has 27 heavy (non-hydrogen) atoms. The summed E-state index contributed by atoms with van der Waals surface area (Å²) in [6.07, 6.45) is 3.85. The molecule has 2 aromatic heterocycles. The molecule has 1 fully saturated rings. The van der Waals surface area contributed by atoms with Gasteiger partial charge in [0.05, 0.1) is 5.56 Å². The Bertz CT molecular complexity index is 970. The van der Waals surface area contributed by atoms with Gasteiger partial charge in [-0.3, -0.25) is 4.98 Å². The number of rotatable bonds is 3. The third-order valence-corrected chi connectivity index (χ3v) is 4.95. The van der Waals surface area contributed by atoms with Crippen LogP contribution in [-0.2, 0) is 0 Å². The first-order valence-corrected chi connectivity index (χ1v) is 9.09. The number of likely N-dealkylation sites (tertiary alicyclic amines) is 1. The van der Waals surface area contributed by atoms with Gasteiger partial charge in [-0.1, -0.05) is 0 Å². The summed E-state index contributed by atoms with van der Waals surface area (Å²) in [5, 5.41) is 22.9. The van der Waals surface area contributed by atoms with E-state index in [4.69, 9.17) is 0 Å². The molecule has 140 valence electrons. The first-order valence-electron chi connectivity index (χ1n) is 9.09. The van der Waals surface area contributed by atoms with Gasteiger partial charge in [0.1, 0.15) is 22.8 Å². The molecule has 0 radical (unpaired) electrons. The quantitative estimate of drug-likeness (QED) is 0.740. The number of nitrogens with zero attached hydrogens (tertiary/aromatic N) is 4. The Morgan fingerprint density at radius 3 is 2.93 bits per heavy atom. The van der Waals surface area contributed by atoms with Crippen molar-refractivity contribution in [2.45, 2.75) is 25.8 Å². The molecule has 6 nitrogen and oxygen atoms in total. The van der Waals surface area contributed by atoms with Crippen molar-refractivity contribution in [2.24, 2.45) is 0 Å². The molecule has 0 bridgehead atoms. The molecule has 7 heteroatoms. The van der Waals surface area contributed by atoms with Crippen LogP contribution in [-0.4, -0.2) is 51.4 Å². The van der Waals surface area contributed by atoms with Gasteiger partial charge in [0, 0.05) is 24.2 Å². The van der Waals surface area contributed by atoms with Crippen LogP contribution in [0.2, 0.25) is 0 Å². The number of anilines is 1. The number of nitrogens with one attached hydrogen (secondary N) is 1. The summed E-state index contributed by atoms with van der Waals surface area (Å²) in [5.74, 6) is -0.0928. The molecule has 3 aromatic rings. The SMILES string of the molecule is Cc1cc(O)c(-c2nnc(N[C@@H]3CCCN(C)C3)c3ncccc23)c(F)c1. The molecular formula is C20H22FN5O. The Kier molecular flexibility index (Phi) is 4.61. The molecule has 1 atom stereocenters. The average Bonchev–Trinajstić information content (AvgIpc) is 2.62. The van der Waals surface area contributed by atoms with Crippen molar-refractivity contribution in [3.05, 3.63) is 41.8 Å². The largest absolute Gasteiger partial charge is 0.507 e. The molecule has 0 spiro atoms. The summed E-state index contributed by atoms with van der Waals surface area (Å²) >= 11 is 0. The minimum atomic E-state index is -0.526. The maximum absolute atomic E-state index is 14.6. The second-order valence-electron chi connectivity index (χ2n) is 7.18. The van der Waals surface area contributed by atoms with Crippen molar-refractivity contribution in [2.75, 3.05) is 25.5 Å². The van der Waals surface area contributed by atoms with E-state index in [2.05, 4.69) is 32.4 Å². The number of fused-ring (bicyclic) bond motifs is 1. The van der Waals surface area contributed by atoms with Gasteiger partial charge in [-0.25, -0.2) is 4.39 Å². The zero-order valence-electron chi connectivity index (χ0n) is 15.4. The topological polar surface area (TPSA) is 74.2 Å². The van der Waals surface area contributed by atoms with Crippen LogP contribution >= 0.6 is 0 Å². The summed E-state index contributed by atoms with van der Waals surface area (Å²) in [4.78, 5) is 6.72. The number of phenolic OH excluding ortho intramolecular Hbond substituents is 1. The number of hydrogen-bond donors (Lipinski definition) is 2. The van der Waals surface area contributed by atoms with Gasteiger partial charge >= 0.3 is 0 Å². The fourth-order valence-corrected chi connectivity index (χ4v) is 3.70. The van der Waals surface area contributed by atoms with E-state index in [1.807, 2.05) is 6.07 Å². The van der Waals surface area contributed by atoms with Gasteiger partial charge in [-0.05, 0) is 63.2 Å².